The molecule has 1 aromatic heterocycles. The van der Waals surface area contributed by atoms with E-state index >= 15 is 0 Å². The normalized spacial score (nSPS) is 11.0. The van der Waals surface area contributed by atoms with Gasteiger partial charge in [-0.2, -0.15) is 0 Å². The lowest BCUT2D eigenvalue weighted by Crippen LogP contribution is -2.02. The summed E-state index contributed by atoms with van der Waals surface area (Å²) in [7, 11) is 0. The molecule has 0 aliphatic heterocycles. The minimum atomic E-state index is -0.162. The highest BCUT2D eigenvalue weighted by atomic mass is 79.9. The summed E-state index contributed by atoms with van der Waals surface area (Å²) in [6.07, 6.45) is 1.68. The van der Waals surface area contributed by atoms with Crippen LogP contribution in [0.5, 0.6) is 0 Å². The third-order valence-electron chi connectivity index (χ3n) is 3.21. The summed E-state index contributed by atoms with van der Waals surface area (Å²) < 4.78 is 0.900. The van der Waals surface area contributed by atoms with Crippen molar-refractivity contribution in [3.8, 4) is 0 Å². The van der Waals surface area contributed by atoms with Crippen molar-refractivity contribution in [3.63, 3.8) is 0 Å². The van der Waals surface area contributed by atoms with E-state index in [1.165, 1.54) is 12.1 Å². The van der Waals surface area contributed by atoms with E-state index in [2.05, 4.69) is 20.9 Å². The highest BCUT2D eigenvalue weighted by Crippen LogP contribution is 2.31. The molecule has 0 saturated carbocycles. The quantitative estimate of drug-likeness (QED) is 0.480. The fraction of sp³-hybridized carbons (Fsp3) is 0. The Labute approximate surface area is 139 Å². The molecule has 106 valence electrons. The average molecular weight is 384 g/mol. The summed E-state index contributed by atoms with van der Waals surface area (Å²) >= 11 is 15.3. The summed E-state index contributed by atoms with van der Waals surface area (Å²) in [5.74, 6) is -0.162. The number of ketones is 1. The molecule has 0 amide bonds. The summed E-state index contributed by atoms with van der Waals surface area (Å²) in [5, 5.41) is 1.36. The number of H-pyrrole nitrogens is 1. The Morgan fingerprint density at radius 3 is 2.67 bits per heavy atom. The number of hydrogen-bond acceptors (Lipinski definition) is 2. The lowest BCUT2D eigenvalue weighted by Gasteiger charge is -2.05. The molecule has 0 atom stereocenters. The van der Waals surface area contributed by atoms with Gasteiger partial charge < -0.3 is 10.7 Å². The van der Waals surface area contributed by atoms with Crippen molar-refractivity contribution in [1.82, 2.24) is 4.98 Å². The van der Waals surface area contributed by atoms with Gasteiger partial charge in [0.25, 0.3) is 0 Å². The number of carbonyl (C=O) groups is 1. The first kappa shape index (κ1) is 14.4. The fourth-order valence-corrected chi connectivity index (χ4v) is 2.87. The summed E-state index contributed by atoms with van der Waals surface area (Å²) in [5.41, 5.74) is 7.90. The number of benzene rings is 2. The predicted molar refractivity (Wildman–Crippen MR) is 90.3 cm³/mol. The maximum atomic E-state index is 12.7. The molecule has 0 aliphatic rings. The van der Waals surface area contributed by atoms with Crippen molar-refractivity contribution >= 4 is 61.5 Å². The van der Waals surface area contributed by atoms with Crippen molar-refractivity contribution in [2.75, 3.05) is 5.73 Å². The third-order valence-corrected chi connectivity index (χ3v) is 4.52. The molecule has 0 spiro atoms. The lowest BCUT2D eigenvalue weighted by atomic mass is 10.0. The van der Waals surface area contributed by atoms with Gasteiger partial charge in [0.15, 0.2) is 5.78 Å². The second-order valence-electron chi connectivity index (χ2n) is 4.58. The molecule has 3 nitrogen and oxygen atoms in total. The van der Waals surface area contributed by atoms with Crippen LogP contribution in [0.15, 0.2) is 41.0 Å². The first-order valence-corrected chi connectivity index (χ1v) is 7.58. The molecule has 3 N–H and O–H groups in total. The van der Waals surface area contributed by atoms with E-state index in [9.17, 15) is 4.79 Å². The Balaban J connectivity index is 2.15. The topological polar surface area (TPSA) is 58.9 Å². The molecule has 2 aromatic carbocycles. The third kappa shape index (κ3) is 2.55. The molecule has 0 unspecified atom stereocenters. The van der Waals surface area contributed by atoms with Crippen LogP contribution in [0.4, 0.5) is 5.69 Å². The number of aromatic nitrogens is 1. The SMILES string of the molecule is Nc1cc(C(=O)c2c[nH]c3ccc(Br)cc23)cc(Cl)c1Cl. The minimum absolute atomic E-state index is 0.162. The van der Waals surface area contributed by atoms with E-state index in [1.54, 1.807) is 6.20 Å². The highest BCUT2D eigenvalue weighted by molar-refractivity contribution is 9.10. The standard InChI is InChI=1S/C15H9BrCl2N2O/c16-8-1-2-13-9(5-8)10(6-20-13)15(21)7-3-11(17)14(18)12(19)4-7/h1-6,20H,19H2. The number of fused-ring (bicyclic) bond motifs is 1. The Bertz CT molecular complexity index is 850. The number of carbonyl (C=O) groups excluding carboxylic acids is 1. The van der Waals surface area contributed by atoms with Gasteiger partial charge in [0.2, 0.25) is 0 Å². The molecule has 0 saturated heterocycles. The number of anilines is 1. The maximum absolute atomic E-state index is 12.7. The second kappa shape index (κ2) is 5.37. The molecule has 0 fully saturated rings. The number of nitrogen functional groups attached to an aromatic ring is 1. The number of hydrogen-bond donors (Lipinski definition) is 2. The number of nitrogens with one attached hydrogen (secondary N) is 1. The largest absolute Gasteiger partial charge is 0.397 e. The van der Waals surface area contributed by atoms with Crippen LogP contribution in [0.25, 0.3) is 10.9 Å². The fourth-order valence-electron chi connectivity index (χ4n) is 2.18. The van der Waals surface area contributed by atoms with Gasteiger partial charge >= 0.3 is 0 Å². The number of halogens is 3. The minimum Gasteiger partial charge on any atom is -0.397 e. The van der Waals surface area contributed by atoms with Gasteiger partial charge in [-0.25, -0.2) is 0 Å². The van der Waals surface area contributed by atoms with Crippen LogP contribution in [0, 0.1) is 0 Å². The summed E-state index contributed by atoms with van der Waals surface area (Å²) in [6.45, 7) is 0. The van der Waals surface area contributed by atoms with Crippen molar-refractivity contribution in [2.24, 2.45) is 0 Å². The molecule has 6 heteroatoms. The average Bonchev–Trinajstić information content (AvgIpc) is 2.86. The van der Waals surface area contributed by atoms with Crippen LogP contribution in [-0.4, -0.2) is 10.8 Å². The van der Waals surface area contributed by atoms with Crippen LogP contribution in [-0.2, 0) is 0 Å². The molecule has 21 heavy (non-hydrogen) atoms. The van der Waals surface area contributed by atoms with Crippen LogP contribution < -0.4 is 5.73 Å². The van der Waals surface area contributed by atoms with Gasteiger partial charge in [0.05, 0.1) is 15.7 Å². The van der Waals surface area contributed by atoms with Gasteiger partial charge in [-0.3, -0.25) is 4.79 Å². The van der Waals surface area contributed by atoms with E-state index in [0.717, 1.165) is 15.4 Å². The van der Waals surface area contributed by atoms with Crippen molar-refractivity contribution < 1.29 is 4.79 Å². The molecule has 1 heterocycles. The number of rotatable bonds is 2. The van der Waals surface area contributed by atoms with Gasteiger partial charge in [-0.15, -0.1) is 0 Å². The van der Waals surface area contributed by atoms with E-state index < -0.39 is 0 Å². The second-order valence-corrected chi connectivity index (χ2v) is 6.28. The van der Waals surface area contributed by atoms with Crippen molar-refractivity contribution in [1.29, 1.82) is 0 Å². The number of aromatic amines is 1. The lowest BCUT2D eigenvalue weighted by molar-refractivity contribution is 0.104. The van der Waals surface area contributed by atoms with E-state index in [1.807, 2.05) is 18.2 Å². The Kier molecular flexibility index (Phi) is 3.69. The first-order valence-electron chi connectivity index (χ1n) is 6.03. The maximum Gasteiger partial charge on any atom is 0.195 e. The molecular weight excluding hydrogens is 375 g/mol. The monoisotopic (exact) mass is 382 g/mol. The molecule has 0 radical (unpaired) electrons. The van der Waals surface area contributed by atoms with E-state index in [0.29, 0.717) is 11.1 Å². The first-order chi connectivity index (χ1) is 9.97. The van der Waals surface area contributed by atoms with Crippen molar-refractivity contribution in [3.05, 3.63) is 62.2 Å². The number of nitrogens with two attached hydrogens (primary N) is 1. The van der Waals surface area contributed by atoms with Gasteiger partial charge in [0.1, 0.15) is 0 Å². The van der Waals surface area contributed by atoms with Gasteiger partial charge in [0, 0.05) is 32.7 Å². The van der Waals surface area contributed by atoms with Crippen LogP contribution in [0.1, 0.15) is 15.9 Å². The van der Waals surface area contributed by atoms with E-state index in [-0.39, 0.29) is 21.5 Å². The summed E-state index contributed by atoms with van der Waals surface area (Å²) in [4.78, 5) is 15.7. The zero-order valence-corrected chi connectivity index (χ0v) is 13.7. The van der Waals surface area contributed by atoms with E-state index in [4.69, 9.17) is 28.9 Å². The van der Waals surface area contributed by atoms with Gasteiger partial charge in [-0.1, -0.05) is 39.1 Å². The van der Waals surface area contributed by atoms with Crippen molar-refractivity contribution in [2.45, 2.75) is 0 Å². The molecular formula is C15H9BrCl2N2O. The zero-order chi connectivity index (χ0) is 15.1. The Morgan fingerprint density at radius 1 is 1.19 bits per heavy atom. The van der Waals surface area contributed by atoms with Gasteiger partial charge in [-0.05, 0) is 30.3 Å². The molecule has 3 rings (SSSR count). The molecule has 0 aliphatic carbocycles. The molecule has 3 aromatic rings. The Morgan fingerprint density at radius 2 is 1.95 bits per heavy atom. The predicted octanol–water partition coefficient (Wildman–Crippen LogP) is 5.05. The Hall–Kier alpha value is -1.49. The summed E-state index contributed by atoms with van der Waals surface area (Å²) in [6, 6.07) is 8.76. The van der Waals surface area contributed by atoms with Crippen LogP contribution in [0.3, 0.4) is 0 Å². The molecule has 0 bridgehead atoms. The zero-order valence-electron chi connectivity index (χ0n) is 10.6. The van der Waals surface area contributed by atoms with Crippen LogP contribution in [0.2, 0.25) is 10.0 Å². The smallest absolute Gasteiger partial charge is 0.195 e. The highest BCUT2D eigenvalue weighted by Gasteiger charge is 2.17. The van der Waals surface area contributed by atoms with Crippen LogP contribution >= 0.6 is 39.1 Å².